The molecule has 0 aliphatic carbocycles. The number of carbonyl (C=O) groups excluding carboxylic acids is 1. The number of nitrogens with zero attached hydrogens (tertiary/aromatic N) is 1. The summed E-state index contributed by atoms with van der Waals surface area (Å²) in [5.41, 5.74) is 0.753. The molecule has 0 amide bonds. The van der Waals surface area contributed by atoms with Gasteiger partial charge in [-0.3, -0.25) is 14.9 Å². The smallest absolute Gasteiger partial charge is 0.269 e. The zero-order valence-corrected chi connectivity index (χ0v) is 8.60. The van der Waals surface area contributed by atoms with E-state index < -0.39 is 4.92 Å². The molecule has 72 valence electrons. The number of nitro benzene ring substituents is 1. The Balaban J connectivity index is 2.99. The number of hydrogen-bond acceptors (Lipinski definition) is 3. The highest BCUT2D eigenvalue weighted by Crippen LogP contribution is 2.22. The lowest BCUT2D eigenvalue weighted by atomic mass is 10.2. The zero-order chi connectivity index (χ0) is 10.6. The second kappa shape index (κ2) is 4.66. The fraction of sp³-hybridized carbons (Fsp3) is 0. The molecule has 1 aromatic rings. The van der Waals surface area contributed by atoms with E-state index in [1.54, 1.807) is 12.1 Å². The summed E-state index contributed by atoms with van der Waals surface area (Å²) >= 11 is 3.17. The summed E-state index contributed by atoms with van der Waals surface area (Å²) in [5.74, 6) is 0. The van der Waals surface area contributed by atoms with Crippen LogP contribution in [0.5, 0.6) is 0 Å². The van der Waals surface area contributed by atoms with E-state index >= 15 is 0 Å². The van der Waals surface area contributed by atoms with Crippen LogP contribution in [-0.2, 0) is 4.79 Å². The van der Waals surface area contributed by atoms with Crippen LogP contribution in [0, 0.1) is 10.1 Å². The van der Waals surface area contributed by atoms with Crippen molar-refractivity contribution in [2.75, 3.05) is 0 Å². The molecule has 0 fully saturated rings. The van der Waals surface area contributed by atoms with Crippen molar-refractivity contribution in [2.24, 2.45) is 0 Å². The highest BCUT2D eigenvalue weighted by atomic mass is 79.9. The molecule has 0 aromatic heterocycles. The van der Waals surface area contributed by atoms with Crippen LogP contribution < -0.4 is 0 Å². The predicted molar refractivity (Wildman–Crippen MR) is 56.1 cm³/mol. The summed E-state index contributed by atoms with van der Waals surface area (Å²) in [4.78, 5) is 20.0. The number of rotatable bonds is 3. The summed E-state index contributed by atoms with van der Waals surface area (Å²) in [6.07, 6.45) is 1.98. The normalized spacial score (nSPS) is 11.1. The molecule has 0 radical (unpaired) electrons. The molecule has 0 saturated carbocycles. The van der Waals surface area contributed by atoms with Gasteiger partial charge in [0.25, 0.3) is 5.69 Å². The van der Waals surface area contributed by atoms with Gasteiger partial charge in [0.2, 0.25) is 0 Å². The van der Waals surface area contributed by atoms with E-state index in [0.717, 1.165) is 5.56 Å². The van der Waals surface area contributed by atoms with E-state index in [-0.39, 0.29) is 5.69 Å². The molecule has 5 heteroatoms. The first-order chi connectivity index (χ1) is 6.65. The summed E-state index contributed by atoms with van der Waals surface area (Å²) < 4.78 is 0.599. The minimum Gasteiger partial charge on any atom is -0.299 e. The minimum atomic E-state index is -0.471. The van der Waals surface area contributed by atoms with Crippen molar-refractivity contribution >= 4 is 32.4 Å². The monoisotopic (exact) mass is 255 g/mol. The van der Waals surface area contributed by atoms with Crippen LogP contribution >= 0.6 is 15.9 Å². The number of hydrogen-bond donors (Lipinski definition) is 0. The highest BCUT2D eigenvalue weighted by molar-refractivity contribution is 9.15. The third kappa shape index (κ3) is 2.50. The maximum atomic E-state index is 10.3. The molecule has 0 unspecified atom stereocenters. The fourth-order valence-electron chi connectivity index (χ4n) is 0.898. The Kier molecular flexibility index (Phi) is 3.53. The van der Waals surface area contributed by atoms with E-state index in [1.807, 2.05) is 0 Å². The van der Waals surface area contributed by atoms with Gasteiger partial charge in [0.15, 0.2) is 0 Å². The maximum absolute atomic E-state index is 10.3. The van der Waals surface area contributed by atoms with Gasteiger partial charge in [-0.2, -0.15) is 0 Å². The first kappa shape index (κ1) is 10.6. The van der Waals surface area contributed by atoms with Crippen LogP contribution in [0.2, 0.25) is 0 Å². The first-order valence-electron chi connectivity index (χ1n) is 3.71. The Labute approximate surface area is 88.5 Å². The van der Waals surface area contributed by atoms with Crippen molar-refractivity contribution in [1.29, 1.82) is 0 Å². The number of non-ortho nitro benzene ring substituents is 1. The van der Waals surface area contributed by atoms with E-state index in [2.05, 4.69) is 15.9 Å². The van der Waals surface area contributed by atoms with Gasteiger partial charge in [-0.1, -0.05) is 15.9 Å². The summed E-state index contributed by atoms with van der Waals surface area (Å²) in [6, 6.07) is 5.91. The van der Waals surface area contributed by atoms with Crippen LogP contribution in [0.4, 0.5) is 5.69 Å². The topological polar surface area (TPSA) is 60.2 Å². The molecule has 0 saturated heterocycles. The third-order valence-electron chi connectivity index (χ3n) is 1.57. The van der Waals surface area contributed by atoms with Gasteiger partial charge in [-0.15, -0.1) is 0 Å². The lowest BCUT2D eigenvalue weighted by molar-refractivity contribution is -0.384. The highest BCUT2D eigenvalue weighted by Gasteiger charge is 2.04. The third-order valence-corrected chi connectivity index (χ3v) is 2.29. The molecule has 0 heterocycles. The van der Waals surface area contributed by atoms with Gasteiger partial charge in [0, 0.05) is 16.6 Å². The Morgan fingerprint density at radius 2 is 1.93 bits per heavy atom. The molecule has 0 aliphatic heterocycles. The molecular weight excluding hydrogens is 250 g/mol. The number of carbonyl (C=O) groups is 1. The number of benzene rings is 1. The Bertz CT molecular complexity index is 384. The Morgan fingerprint density at radius 1 is 1.36 bits per heavy atom. The molecule has 14 heavy (non-hydrogen) atoms. The molecule has 4 nitrogen and oxygen atoms in total. The molecule has 0 bridgehead atoms. The van der Waals surface area contributed by atoms with Crippen LogP contribution in [0.15, 0.2) is 30.3 Å². The van der Waals surface area contributed by atoms with Crippen LogP contribution in [0.25, 0.3) is 4.48 Å². The SMILES string of the molecule is O=C/C=C(\Br)c1ccc([N+](=O)[O-])cc1. The van der Waals surface area contributed by atoms with Gasteiger partial charge in [0.05, 0.1) is 4.92 Å². The zero-order valence-electron chi connectivity index (χ0n) is 7.01. The average Bonchev–Trinajstić information content (AvgIpc) is 2.18. The van der Waals surface area contributed by atoms with E-state index in [1.165, 1.54) is 18.2 Å². The van der Waals surface area contributed by atoms with Crippen molar-refractivity contribution in [3.8, 4) is 0 Å². The number of halogens is 1. The second-order valence-corrected chi connectivity index (χ2v) is 3.31. The van der Waals surface area contributed by atoms with Crippen molar-refractivity contribution in [2.45, 2.75) is 0 Å². The van der Waals surface area contributed by atoms with Crippen molar-refractivity contribution in [1.82, 2.24) is 0 Å². The molecule has 0 spiro atoms. The van der Waals surface area contributed by atoms with Gasteiger partial charge < -0.3 is 0 Å². The standard InChI is InChI=1S/C9H6BrNO3/c10-9(5-6-12)7-1-3-8(4-2-7)11(13)14/h1-6H/b9-5-. The van der Waals surface area contributed by atoms with Gasteiger partial charge in [0.1, 0.15) is 6.29 Å². The summed E-state index contributed by atoms with van der Waals surface area (Å²) in [5, 5.41) is 10.3. The van der Waals surface area contributed by atoms with Crippen LogP contribution in [-0.4, -0.2) is 11.2 Å². The molecular formula is C9H6BrNO3. The lowest BCUT2D eigenvalue weighted by Gasteiger charge is -1.97. The summed E-state index contributed by atoms with van der Waals surface area (Å²) in [7, 11) is 0. The minimum absolute atomic E-state index is 0.0279. The second-order valence-electron chi connectivity index (χ2n) is 2.45. The van der Waals surface area contributed by atoms with Crippen molar-refractivity contribution in [3.63, 3.8) is 0 Å². The predicted octanol–water partition coefficient (Wildman–Crippen LogP) is 2.53. The fourth-order valence-corrected chi connectivity index (χ4v) is 1.27. The Hall–Kier alpha value is -1.49. The average molecular weight is 256 g/mol. The quantitative estimate of drug-likeness (QED) is 0.361. The van der Waals surface area contributed by atoms with E-state index in [9.17, 15) is 14.9 Å². The number of allylic oxidation sites excluding steroid dienone is 1. The van der Waals surface area contributed by atoms with E-state index in [4.69, 9.17) is 0 Å². The van der Waals surface area contributed by atoms with Crippen LogP contribution in [0.1, 0.15) is 5.56 Å². The molecule has 0 atom stereocenters. The van der Waals surface area contributed by atoms with Crippen LogP contribution in [0.3, 0.4) is 0 Å². The van der Waals surface area contributed by atoms with Crippen molar-refractivity contribution in [3.05, 3.63) is 46.0 Å². The van der Waals surface area contributed by atoms with E-state index in [0.29, 0.717) is 10.8 Å². The molecule has 1 rings (SSSR count). The number of aldehydes is 1. The Morgan fingerprint density at radius 3 is 2.36 bits per heavy atom. The molecule has 0 aliphatic rings. The molecule has 1 aromatic carbocycles. The first-order valence-corrected chi connectivity index (χ1v) is 4.50. The number of nitro groups is 1. The van der Waals surface area contributed by atoms with Gasteiger partial charge in [-0.05, 0) is 23.8 Å². The lowest BCUT2D eigenvalue weighted by Crippen LogP contribution is -1.87. The van der Waals surface area contributed by atoms with Gasteiger partial charge in [-0.25, -0.2) is 0 Å². The maximum Gasteiger partial charge on any atom is 0.269 e. The summed E-state index contributed by atoms with van der Waals surface area (Å²) in [6.45, 7) is 0. The molecule has 0 N–H and O–H groups in total. The largest absolute Gasteiger partial charge is 0.299 e. The van der Waals surface area contributed by atoms with Gasteiger partial charge >= 0.3 is 0 Å². The van der Waals surface area contributed by atoms with Crippen molar-refractivity contribution < 1.29 is 9.72 Å².